The maximum atomic E-state index is 7.29. The first kappa shape index (κ1) is 13.0. The molecule has 0 spiro atoms. The lowest BCUT2D eigenvalue weighted by Crippen LogP contribution is -2.11. The van der Waals surface area contributed by atoms with E-state index < -0.39 is 0 Å². The number of nitrogens with two attached hydrogens (primary N) is 1. The zero-order chi connectivity index (χ0) is 12.0. The van der Waals surface area contributed by atoms with Gasteiger partial charge in [0.15, 0.2) is 0 Å². The molecule has 0 radical (unpaired) electrons. The third-order valence-corrected chi connectivity index (χ3v) is 2.61. The fourth-order valence-corrected chi connectivity index (χ4v) is 1.66. The van der Waals surface area contributed by atoms with E-state index >= 15 is 0 Å². The molecular weight excluding hydrogens is 272 g/mol. The molecule has 0 bridgehead atoms. The van der Waals surface area contributed by atoms with Gasteiger partial charge in [0.25, 0.3) is 0 Å². The number of nitrogen functional groups attached to an aromatic ring is 1. The smallest absolute Gasteiger partial charge is 0.133 e. The van der Waals surface area contributed by atoms with E-state index in [0.29, 0.717) is 18.8 Å². The van der Waals surface area contributed by atoms with Gasteiger partial charge in [-0.15, -0.1) is 0 Å². The summed E-state index contributed by atoms with van der Waals surface area (Å²) in [6, 6.07) is 5.33. The van der Waals surface area contributed by atoms with E-state index in [9.17, 15) is 0 Å². The van der Waals surface area contributed by atoms with Crippen molar-refractivity contribution in [1.82, 2.24) is 0 Å². The highest BCUT2D eigenvalue weighted by Gasteiger charge is 2.04. The highest BCUT2D eigenvalue weighted by Crippen LogP contribution is 2.25. The highest BCUT2D eigenvalue weighted by atomic mass is 79.9. The van der Waals surface area contributed by atoms with Gasteiger partial charge in [-0.3, -0.25) is 5.41 Å². The van der Waals surface area contributed by atoms with Crippen LogP contribution >= 0.6 is 15.9 Å². The minimum atomic E-state index is 0.0478. The summed E-state index contributed by atoms with van der Waals surface area (Å²) in [5, 5.41) is 7.29. The van der Waals surface area contributed by atoms with Gasteiger partial charge in [-0.1, -0.05) is 0 Å². The van der Waals surface area contributed by atoms with Crippen LogP contribution in [-0.2, 0) is 4.74 Å². The first-order valence-corrected chi connectivity index (χ1v) is 5.70. The summed E-state index contributed by atoms with van der Waals surface area (Å²) in [4.78, 5) is 0. The van der Waals surface area contributed by atoms with Crippen LogP contribution in [-0.4, -0.2) is 26.2 Å². The second-order valence-corrected chi connectivity index (χ2v) is 4.11. The van der Waals surface area contributed by atoms with Crippen LogP contribution in [0.4, 0.5) is 0 Å². The largest absolute Gasteiger partial charge is 0.492 e. The van der Waals surface area contributed by atoms with Crippen LogP contribution in [0.1, 0.15) is 12.0 Å². The van der Waals surface area contributed by atoms with Crippen molar-refractivity contribution in [3.05, 3.63) is 28.2 Å². The van der Waals surface area contributed by atoms with E-state index in [1.807, 2.05) is 0 Å². The normalized spacial score (nSPS) is 10.1. The Kier molecular flexibility index (Phi) is 5.28. The Morgan fingerprint density at radius 1 is 1.44 bits per heavy atom. The summed E-state index contributed by atoms with van der Waals surface area (Å²) in [6.45, 7) is 1.29. The summed E-state index contributed by atoms with van der Waals surface area (Å²) in [5.41, 5.74) is 6.05. The van der Waals surface area contributed by atoms with Crippen molar-refractivity contribution in [3.8, 4) is 5.75 Å². The van der Waals surface area contributed by atoms with E-state index in [1.165, 1.54) is 0 Å². The Labute approximate surface area is 103 Å². The number of hydrogen-bond donors (Lipinski definition) is 2. The average molecular weight is 287 g/mol. The monoisotopic (exact) mass is 286 g/mol. The first-order chi connectivity index (χ1) is 7.65. The van der Waals surface area contributed by atoms with Gasteiger partial charge >= 0.3 is 0 Å². The van der Waals surface area contributed by atoms with Crippen LogP contribution in [0.3, 0.4) is 0 Å². The molecule has 0 aliphatic rings. The summed E-state index contributed by atoms with van der Waals surface area (Å²) in [7, 11) is 1.66. The third kappa shape index (κ3) is 3.83. The molecule has 0 atom stereocenters. The molecule has 0 saturated carbocycles. The molecule has 88 valence electrons. The minimum absolute atomic E-state index is 0.0478. The predicted molar refractivity (Wildman–Crippen MR) is 67.1 cm³/mol. The lowest BCUT2D eigenvalue weighted by Gasteiger charge is -2.09. The van der Waals surface area contributed by atoms with Crippen LogP contribution in [0.5, 0.6) is 5.75 Å². The lowest BCUT2D eigenvalue weighted by molar-refractivity contribution is 0.172. The van der Waals surface area contributed by atoms with Crippen molar-refractivity contribution < 1.29 is 9.47 Å². The zero-order valence-corrected chi connectivity index (χ0v) is 10.7. The predicted octanol–water partition coefficient (Wildman–Crippen LogP) is 2.15. The van der Waals surface area contributed by atoms with E-state index in [1.54, 1.807) is 25.3 Å². The Hall–Kier alpha value is -1.07. The second-order valence-electron chi connectivity index (χ2n) is 3.25. The third-order valence-electron chi connectivity index (χ3n) is 1.99. The van der Waals surface area contributed by atoms with E-state index in [-0.39, 0.29) is 5.84 Å². The molecule has 0 aromatic heterocycles. The Balaban J connectivity index is 2.57. The molecule has 0 saturated heterocycles. The number of methoxy groups -OCH3 is 1. The molecule has 3 N–H and O–H groups in total. The lowest BCUT2D eigenvalue weighted by atomic mass is 10.2. The molecule has 5 heteroatoms. The molecule has 0 amide bonds. The fourth-order valence-electron chi connectivity index (χ4n) is 1.17. The van der Waals surface area contributed by atoms with Gasteiger partial charge < -0.3 is 15.2 Å². The van der Waals surface area contributed by atoms with Crippen molar-refractivity contribution in [2.24, 2.45) is 5.73 Å². The molecule has 0 aliphatic heterocycles. The number of benzene rings is 1. The van der Waals surface area contributed by atoms with Crippen molar-refractivity contribution >= 4 is 21.8 Å². The Morgan fingerprint density at radius 2 is 2.19 bits per heavy atom. The number of nitrogens with one attached hydrogen (secondary N) is 1. The molecule has 1 aromatic rings. The molecular formula is C11H15BrN2O2. The summed E-state index contributed by atoms with van der Waals surface area (Å²) >= 11 is 3.38. The standard InChI is InChI=1S/C11H15BrN2O2/c1-15-5-2-6-16-10-4-3-8(11(13)14)7-9(10)12/h3-4,7H,2,5-6H2,1H3,(H3,13,14). The van der Waals surface area contributed by atoms with Gasteiger partial charge in [0.1, 0.15) is 11.6 Å². The van der Waals surface area contributed by atoms with Gasteiger partial charge in [0, 0.05) is 25.7 Å². The molecule has 4 nitrogen and oxygen atoms in total. The molecule has 0 unspecified atom stereocenters. The van der Waals surface area contributed by atoms with Gasteiger partial charge in [-0.25, -0.2) is 0 Å². The van der Waals surface area contributed by atoms with Crippen molar-refractivity contribution in [2.45, 2.75) is 6.42 Å². The average Bonchev–Trinajstić information content (AvgIpc) is 2.26. The van der Waals surface area contributed by atoms with Gasteiger partial charge in [-0.05, 0) is 34.1 Å². The number of ether oxygens (including phenoxy) is 2. The SMILES string of the molecule is COCCCOc1ccc(C(=N)N)cc1Br. The Morgan fingerprint density at radius 3 is 2.75 bits per heavy atom. The van der Waals surface area contributed by atoms with E-state index in [2.05, 4.69) is 15.9 Å². The van der Waals surface area contributed by atoms with E-state index in [4.69, 9.17) is 20.6 Å². The fraction of sp³-hybridized carbons (Fsp3) is 0.364. The van der Waals surface area contributed by atoms with Crippen molar-refractivity contribution in [1.29, 1.82) is 5.41 Å². The number of halogens is 1. The minimum Gasteiger partial charge on any atom is -0.492 e. The molecule has 0 fully saturated rings. The first-order valence-electron chi connectivity index (χ1n) is 4.91. The molecule has 0 aliphatic carbocycles. The molecule has 1 rings (SSSR count). The van der Waals surface area contributed by atoms with Gasteiger partial charge in [0.2, 0.25) is 0 Å². The molecule has 1 aromatic carbocycles. The summed E-state index contributed by atoms with van der Waals surface area (Å²) in [5.74, 6) is 0.799. The van der Waals surface area contributed by atoms with Crippen molar-refractivity contribution in [2.75, 3.05) is 20.3 Å². The molecule has 0 heterocycles. The van der Waals surface area contributed by atoms with Crippen LogP contribution < -0.4 is 10.5 Å². The number of rotatable bonds is 6. The highest BCUT2D eigenvalue weighted by molar-refractivity contribution is 9.10. The van der Waals surface area contributed by atoms with Gasteiger partial charge in [-0.2, -0.15) is 0 Å². The maximum absolute atomic E-state index is 7.29. The quantitative estimate of drug-likeness (QED) is 0.478. The topological polar surface area (TPSA) is 68.3 Å². The van der Waals surface area contributed by atoms with Crippen LogP contribution in [0.2, 0.25) is 0 Å². The van der Waals surface area contributed by atoms with Gasteiger partial charge in [0.05, 0.1) is 11.1 Å². The number of amidine groups is 1. The maximum Gasteiger partial charge on any atom is 0.133 e. The van der Waals surface area contributed by atoms with Crippen LogP contribution in [0.25, 0.3) is 0 Å². The summed E-state index contributed by atoms with van der Waals surface area (Å²) in [6.07, 6.45) is 0.845. The molecule has 16 heavy (non-hydrogen) atoms. The number of hydrogen-bond acceptors (Lipinski definition) is 3. The van der Waals surface area contributed by atoms with Crippen LogP contribution in [0.15, 0.2) is 22.7 Å². The Bertz CT molecular complexity index is 369. The van der Waals surface area contributed by atoms with E-state index in [0.717, 1.165) is 16.6 Å². The zero-order valence-electron chi connectivity index (χ0n) is 9.13. The van der Waals surface area contributed by atoms with Crippen LogP contribution in [0, 0.1) is 5.41 Å². The second kappa shape index (κ2) is 6.50. The van der Waals surface area contributed by atoms with Crippen molar-refractivity contribution in [3.63, 3.8) is 0 Å². The summed E-state index contributed by atoms with van der Waals surface area (Å²) < 4.78 is 11.3.